The van der Waals surface area contributed by atoms with E-state index in [1.54, 1.807) is 24.1 Å². The van der Waals surface area contributed by atoms with Gasteiger partial charge < -0.3 is 14.6 Å². The van der Waals surface area contributed by atoms with E-state index in [0.717, 1.165) is 11.1 Å². The first-order valence-corrected chi connectivity index (χ1v) is 11.1. The van der Waals surface area contributed by atoms with Crippen LogP contribution in [-0.4, -0.2) is 28.2 Å². The fourth-order valence-corrected chi connectivity index (χ4v) is 4.16. The Balaban J connectivity index is 1.60. The molecule has 5 rings (SSSR count). The lowest BCUT2D eigenvalue weighted by molar-refractivity contribution is 0.203. The van der Waals surface area contributed by atoms with Gasteiger partial charge in [0.15, 0.2) is 0 Å². The molecule has 3 aromatic carbocycles. The van der Waals surface area contributed by atoms with Gasteiger partial charge in [-0.25, -0.2) is 9.18 Å². The van der Waals surface area contributed by atoms with Crippen LogP contribution in [0.15, 0.2) is 89.1 Å². The number of carbonyl (C=O) groups is 1. The number of methoxy groups -OCH3 is 1. The lowest BCUT2D eigenvalue weighted by Crippen LogP contribution is -2.45. The molecule has 0 radical (unpaired) electrons. The van der Waals surface area contributed by atoms with Crippen molar-refractivity contribution in [2.45, 2.75) is 19.5 Å². The molecule has 1 N–H and O–H groups in total. The van der Waals surface area contributed by atoms with Gasteiger partial charge in [-0.3, -0.25) is 4.90 Å². The van der Waals surface area contributed by atoms with E-state index >= 15 is 0 Å². The molecule has 1 unspecified atom stereocenters. The fraction of sp³-hybridized carbons (Fsp3) is 0.148. The second kappa shape index (κ2) is 9.42. The quantitative estimate of drug-likeness (QED) is 0.398. The van der Waals surface area contributed by atoms with Gasteiger partial charge in [0, 0.05) is 11.3 Å². The molecule has 35 heavy (non-hydrogen) atoms. The number of hydrogen-bond acceptors (Lipinski definition) is 5. The molecule has 176 valence electrons. The molecule has 0 bridgehead atoms. The predicted molar refractivity (Wildman–Crippen MR) is 129 cm³/mol. The van der Waals surface area contributed by atoms with Crippen molar-refractivity contribution in [3.8, 4) is 17.1 Å². The molecule has 4 aromatic rings. The van der Waals surface area contributed by atoms with Crippen molar-refractivity contribution in [1.82, 2.24) is 20.4 Å². The average Bonchev–Trinajstić information content (AvgIpc) is 3.37. The molecule has 0 saturated heterocycles. The Morgan fingerprint density at radius 3 is 2.63 bits per heavy atom. The molecule has 0 fully saturated rings. The fourth-order valence-electron chi connectivity index (χ4n) is 4.16. The molecule has 2 heterocycles. The Morgan fingerprint density at radius 2 is 1.86 bits per heavy atom. The maximum Gasteiger partial charge on any atom is 0.322 e. The standard InChI is InChI=1S/C27H23FN4O3/c1-17-23(26-30-25(31-35-26)20-11-7-13-22(15-20)34-2)24(19-10-6-12-21(28)14-19)29-27(33)32(17)16-18-8-4-3-5-9-18/h3-15,24H,16H2,1-2H3,(H,29,33). The highest BCUT2D eigenvalue weighted by Gasteiger charge is 2.36. The molecule has 2 amide bonds. The van der Waals surface area contributed by atoms with Crippen LogP contribution in [0.4, 0.5) is 9.18 Å². The van der Waals surface area contributed by atoms with E-state index in [2.05, 4.69) is 15.5 Å². The van der Waals surface area contributed by atoms with Gasteiger partial charge in [-0.2, -0.15) is 4.98 Å². The molecule has 1 atom stereocenters. The molecule has 1 aliphatic rings. The Bertz CT molecular complexity index is 1400. The zero-order valence-corrected chi connectivity index (χ0v) is 19.2. The number of allylic oxidation sites excluding steroid dienone is 1. The lowest BCUT2D eigenvalue weighted by atomic mass is 9.94. The number of benzene rings is 3. The smallest absolute Gasteiger partial charge is 0.322 e. The highest BCUT2D eigenvalue weighted by atomic mass is 19.1. The summed E-state index contributed by atoms with van der Waals surface area (Å²) in [5, 5.41) is 7.16. The van der Waals surface area contributed by atoms with Crippen molar-refractivity contribution in [2.75, 3.05) is 7.11 Å². The number of carbonyl (C=O) groups excluding carboxylic acids is 1. The van der Waals surface area contributed by atoms with Crippen molar-refractivity contribution < 1.29 is 18.4 Å². The van der Waals surface area contributed by atoms with Gasteiger partial charge in [-0.15, -0.1) is 0 Å². The summed E-state index contributed by atoms with van der Waals surface area (Å²) in [6.45, 7) is 2.19. The van der Waals surface area contributed by atoms with Gasteiger partial charge in [0.1, 0.15) is 11.6 Å². The zero-order valence-electron chi connectivity index (χ0n) is 19.2. The van der Waals surface area contributed by atoms with E-state index in [-0.39, 0.29) is 11.9 Å². The zero-order chi connectivity index (χ0) is 24.4. The Kier molecular flexibility index (Phi) is 6.01. The van der Waals surface area contributed by atoms with E-state index in [0.29, 0.717) is 35.0 Å². The second-order valence-corrected chi connectivity index (χ2v) is 8.16. The monoisotopic (exact) mass is 470 g/mol. The first kappa shape index (κ1) is 22.3. The number of halogens is 1. The maximum absolute atomic E-state index is 14.1. The molecule has 1 aliphatic heterocycles. The van der Waals surface area contributed by atoms with Crippen LogP contribution in [0, 0.1) is 5.82 Å². The summed E-state index contributed by atoms with van der Waals surface area (Å²) in [6, 6.07) is 22.2. The highest BCUT2D eigenvalue weighted by Crippen LogP contribution is 2.38. The summed E-state index contributed by atoms with van der Waals surface area (Å²) in [7, 11) is 1.59. The van der Waals surface area contributed by atoms with Gasteiger partial charge in [-0.05, 0) is 42.3 Å². The molecule has 1 aromatic heterocycles. The number of urea groups is 1. The summed E-state index contributed by atoms with van der Waals surface area (Å²) in [6.07, 6.45) is 0. The minimum atomic E-state index is -0.663. The van der Waals surface area contributed by atoms with Crippen molar-refractivity contribution in [1.29, 1.82) is 0 Å². The number of aromatic nitrogens is 2. The van der Waals surface area contributed by atoms with Gasteiger partial charge >= 0.3 is 6.03 Å². The van der Waals surface area contributed by atoms with E-state index in [9.17, 15) is 9.18 Å². The van der Waals surface area contributed by atoms with Crippen LogP contribution in [-0.2, 0) is 6.54 Å². The second-order valence-electron chi connectivity index (χ2n) is 8.16. The summed E-state index contributed by atoms with van der Waals surface area (Å²) < 4.78 is 25.1. The Labute approximate surface area is 201 Å². The SMILES string of the molecule is COc1cccc(-c2noc(C3=C(C)N(Cc4ccccc4)C(=O)NC3c3cccc(F)c3)n2)c1. The first-order chi connectivity index (χ1) is 17.0. The van der Waals surface area contributed by atoms with Gasteiger partial charge in [0.05, 0.1) is 25.3 Å². The number of hydrogen-bond donors (Lipinski definition) is 1. The van der Waals surface area contributed by atoms with Crippen molar-refractivity contribution >= 4 is 11.6 Å². The third-order valence-electron chi connectivity index (χ3n) is 5.95. The van der Waals surface area contributed by atoms with Crippen LogP contribution in [0.25, 0.3) is 17.0 Å². The first-order valence-electron chi connectivity index (χ1n) is 11.1. The van der Waals surface area contributed by atoms with Crippen LogP contribution in [0.3, 0.4) is 0 Å². The third kappa shape index (κ3) is 4.50. The number of rotatable bonds is 6. The third-order valence-corrected chi connectivity index (χ3v) is 5.95. The van der Waals surface area contributed by atoms with Crippen LogP contribution in [0.1, 0.15) is 30.0 Å². The van der Waals surface area contributed by atoms with Crippen LogP contribution < -0.4 is 10.1 Å². The van der Waals surface area contributed by atoms with Crippen molar-refractivity contribution in [3.63, 3.8) is 0 Å². The normalized spacial score (nSPS) is 15.8. The summed E-state index contributed by atoms with van der Waals surface area (Å²) in [5.74, 6) is 0.889. The number of nitrogens with one attached hydrogen (secondary N) is 1. The molecule has 0 spiro atoms. The topological polar surface area (TPSA) is 80.5 Å². The number of nitrogens with zero attached hydrogens (tertiary/aromatic N) is 3. The maximum atomic E-state index is 14.1. The minimum absolute atomic E-state index is 0.243. The Hall–Kier alpha value is -4.46. The van der Waals surface area contributed by atoms with Crippen LogP contribution >= 0.6 is 0 Å². The minimum Gasteiger partial charge on any atom is -0.497 e. The van der Waals surface area contributed by atoms with E-state index in [1.165, 1.54) is 12.1 Å². The number of ether oxygens (including phenoxy) is 1. The van der Waals surface area contributed by atoms with Gasteiger partial charge in [0.2, 0.25) is 5.82 Å². The van der Waals surface area contributed by atoms with E-state index in [4.69, 9.17) is 9.26 Å². The van der Waals surface area contributed by atoms with Crippen molar-refractivity contribution in [3.05, 3.63) is 107 Å². The largest absolute Gasteiger partial charge is 0.497 e. The molecule has 8 heteroatoms. The van der Waals surface area contributed by atoms with Crippen LogP contribution in [0.5, 0.6) is 5.75 Å². The summed E-state index contributed by atoms with van der Waals surface area (Å²) >= 11 is 0. The molecule has 0 saturated carbocycles. The predicted octanol–water partition coefficient (Wildman–Crippen LogP) is 5.58. The Morgan fingerprint density at radius 1 is 1.06 bits per heavy atom. The van der Waals surface area contributed by atoms with Gasteiger partial charge in [0.25, 0.3) is 5.89 Å². The molecular formula is C27H23FN4O3. The van der Waals surface area contributed by atoms with Gasteiger partial charge in [-0.1, -0.05) is 59.8 Å². The molecule has 0 aliphatic carbocycles. The molecular weight excluding hydrogens is 447 g/mol. The summed E-state index contributed by atoms with van der Waals surface area (Å²) in [5.41, 5.74) is 3.52. The average molecular weight is 471 g/mol. The number of amides is 2. The van der Waals surface area contributed by atoms with Crippen LogP contribution in [0.2, 0.25) is 0 Å². The van der Waals surface area contributed by atoms with E-state index < -0.39 is 11.9 Å². The molecule has 7 nitrogen and oxygen atoms in total. The lowest BCUT2D eigenvalue weighted by Gasteiger charge is -2.35. The van der Waals surface area contributed by atoms with E-state index in [1.807, 2.05) is 61.5 Å². The highest BCUT2D eigenvalue weighted by molar-refractivity contribution is 5.86. The van der Waals surface area contributed by atoms with Crippen molar-refractivity contribution in [2.24, 2.45) is 0 Å². The summed E-state index contributed by atoms with van der Waals surface area (Å²) in [4.78, 5) is 19.4.